The molecule has 0 aromatic carbocycles. The van der Waals surface area contributed by atoms with Gasteiger partial charge in [-0.25, -0.2) is 0 Å². The topological polar surface area (TPSA) is 30.5 Å². The lowest BCUT2D eigenvalue weighted by atomic mass is 9.79. The molecule has 0 aliphatic heterocycles. The molecule has 108 valence electrons. The van der Waals surface area contributed by atoms with E-state index in [1.54, 1.807) is 0 Å². The lowest BCUT2D eigenvalue weighted by Gasteiger charge is -2.39. The molecule has 0 heterocycles. The van der Waals surface area contributed by atoms with Crippen LogP contribution in [0.15, 0.2) is 0 Å². The molecule has 0 saturated heterocycles. The standard InChI is InChI=1S/C15H31NO2/c1-4-10-16-13-15(18-12-11-17-5-2)8-6-14(3)7-9-15/h14,16H,4-13H2,1-3H3. The van der Waals surface area contributed by atoms with Gasteiger partial charge in [-0.3, -0.25) is 0 Å². The van der Waals surface area contributed by atoms with Gasteiger partial charge in [0.05, 0.1) is 18.8 Å². The van der Waals surface area contributed by atoms with Crippen molar-refractivity contribution in [2.75, 3.05) is 32.9 Å². The molecular weight excluding hydrogens is 226 g/mol. The third-order valence-corrected chi connectivity index (χ3v) is 3.90. The molecule has 3 nitrogen and oxygen atoms in total. The van der Waals surface area contributed by atoms with Crippen molar-refractivity contribution in [2.24, 2.45) is 5.92 Å². The number of nitrogens with one attached hydrogen (secondary N) is 1. The molecule has 0 spiro atoms. The van der Waals surface area contributed by atoms with Crippen LogP contribution in [0.5, 0.6) is 0 Å². The van der Waals surface area contributed by atoms with Crippen LogP contribution in [0.2, 0.25) is 0 Å². The van der Waals surface area contributed by atoms with E-state index >= 15 is 0 Å². The average molecular weight is 257 g/mol. The second kappa shape index (κ2) is 8.89. The normalized spacial score (nSPS) is 28.5. The van der Waals surface area contributed by atoms with E-state index in [2.05, 4.69) is 19.2 Å². The fourth-order valence-electron chi connectivity index (χ4n) is 2.61. The molecule has 0 aromatic heterocycles. The first-order valence-corrected chi connectivity index (χ1v) is 7.65. The Bertz CT molecular complexity index is 201. The average Bonchev–Trinajstić information content (AvgIpc) is 2.39. The molecular formula is C15H31NO2. The van der Waals surface area contributed by atoms with E-state index in [1.807, 2.05) is 6.92 Å². The van der Waals surface area contributed by atoms with Crippen LogP contribution in [0.1, 0.15) is 52.9 Å². The van der Waals surface area contributed by atoms with Gasteiger partial charge in [-0.2, -0.15) is 0 Å². The van der Waals surface area contributed by atoms with Gasteiger partial charge in [-0.1, -0.05) is 13.8 Å². The van der Waals surface area contributed by atoms with Crippen LogP contribution in [0.3, 0.4) is 0 Å². The van der Waals surface area contributed by atoms with E-state index < -0.39 is 0 Å². The smallest absolute Gasteiger partial charge is 0.0807 e. The van der Waals surface area contributed by atoms with Crippen molar-refractivity contribution in [3.8, 4) is 0 Å². The Kier molecular flexibility index (Phi) is 7.87. The maximum absolute atomic E-state index is 6.18. The summed E-state index contributed by atoms with van der Waals surface area (Å²) < 4.78 is 11.6. The summed E-state index contributed by atoms with van der Waals surface area (Å²) in [5.74, 6) is 0.861. The first kappa shape index (κ1) is 15.9. The molecule has 0 atom stereocenters. The number of ether oxygens (including phenoxy) is 2. The predicted molar refractivity (Wildman–Crippen MR) is 76.0 cm³/mol. The van der Waals surface area contributed by atoms with Gasteiger partial charge in [-0.15, -0.1) is 0 Å². The van der Waals surface area contributed by atoms with Gasteiger partial charge in [0.15, 0.2) is 0 Å². The Morgan fingerprint density at radius 2 is 1.89 bits per heavy atom. The largest absolute Gasteiger partial charge is 0.379 e. The second-order valence-electron chi connectivity index (χ2n) is 5.59. The maximum Gasteiger partial charge on any atom is 0.0807 e. The summed E-state index contributed by atoms with van der Waals surface area (Å²) in [6, 6.07) is 0. The molecule has 0 aromatic rings. The Morgan fingerprint density at radius 1 is 1.17 bits per heavy atom. The third kappa shape index (κ3) is 5.68. The van der Waals surface area contributed by atoms with Gasteiger partial charge >= 0.3 is 0 Å². The third-order valence-electron chi connectivity index (χ3n) is 3.90. The summed E-state index contributed by atoms with van der Waals surface area (Å²) in [7, 11) is 0. The minimum absolute atomic E-state index is 0.0682. The highest BCUT2D eigenvalue weighted by atomic mass is 16.5. The molecule has 1 N–H and O–H groups in total. The first-order valence-electron chi connectivity index (χ1n) is 7.65. The zero-order chi connectivity index (χ0) is 13.3. The second-order valence-corrected chi connectivity index (χ2v) is 5.59. The summed E-state index contributed by atoms with van der Waals surface area (Å²) in [5.41, 5.74) is 0.0682. The Hall–Kier alpha value is -0.120. The van der Waals surface area contributed by atoms with Crippen molar-refractivity contribution >= 4 is 0 Å². The highest BCUT2D eigenvalue weighted by Gasteiger charge is 2.34. The number of hydrogen-bond donors (Lipinski definition) is 1. The number of hydrogen-bond acceptors (Lipinski definition) is 3. The van der Waals surface area contributed by atoms with Gasteiger partial charge in [-0.05, 0) is 51.5 Å². The Labute approximate surface area is 113 Å². The minimum Gasteiger partial charge on any atom is -0.379 e. The summed E-state index contributed by atoms with van der Waals surface area (Å²) in [6.07, 6.45) is 6.16. The van der Waals surface area contributed by atoms with Crippen molar-refractivity contribution in [3.63, 3.8) is 0 Å². The SMILES string of the molecule is CCCNCC1(OCCOCC)CCC(C)CC1. The Balaban J connectivity index is 2.35. The van der Waals surface area contributed by atoms with Crippen molar-refractivity contribution in [3.05, 3.63) is 0 Å². The van der Waals surface area contributed by atoms with Gasteiger partial charge < -0.3 is 14.8 Å². The number of rotatable bonds is 9. The Morgan fingerprint density at radius 3 is 2.50 bits per heavy atom. The zero-order valence-corrected chi connectivity index (χ0v) is 12.5. The monoisotopic (exact) mass is 257 g/mol. The van der Waals surface area contributed by atoms with Crippen molar-refractivity contribution in [2.45, 2.75) is 58.5 Å². The molecule has 18 heavy (non-hydrogen) atoms. The van der Waals surface area contributed by atoms with E-state index in [0.717, 1.165) is 38.8 Å². The van der Waals surface area contributed by atoms with Crippen LogP contribution in [0.4, 0.5) is 0 Å². The summed E-state index contributed by atoms with van der Waals surface area (Å²) in [6.45, 7) is 10.9. The van der Waals surface area contributed by atoms with Gasteiger partial charge in [0.25, 0.3) is 0 Å². The summed E-state index contributed by atoms with van der Waals surface area (Å²) in [5, 5.41) is 3.54. The van der Waals surface area contributed by atoms with Crippen molar-refractivity contribution < 1.29 is 9.47 Å². The molecule has 1 rings (SSSR count). The summed E-state index contributed by atoms with van der Waals surface area (Å²) in [4.78, 5) is 0. The fraction of sp³-hybridized carbons (Fsp3) is 1.00. The van der Waals surface area contributed by atoms with Crippen molar-refractivity contribution in [1.82, 2.24) is 5.32 Å². The highest BCUT2D eigenvalue weighted by Crippen LogP contribution is 2.34. The molecule has 3 heteroatoms. The van der Waals surface area contributed by atoms with Gasteiger partial charge in [0, 0.05) is 13.2 Å². The van der Waals surface area contributed by atoms with Crippen LogP contribution in [0, 0.1) is 5.92 Å². The molecule has 0 unspecified atom stereocenters. The van der Waals surface area contributed by atoms with Crippen LogP contribution >= 0.6 is 0 Å². The highest BCUT2D eigenvalue weighted by molar-refractivity contribution is 4.88. The molecule has 1 saturated carbocycles. The molecule has 0 bridgehead atoms. The van der Waals surface area contributed by atoms with E-state index in [0.29, 0.717) is 0 Å². The fourth-order valence-corrected chi connectivity index (χ4v) is 2.61. The van der Waals surface area contributed by atoms with E-state index in [-0.39, 0.29) is 5.60 Å². The first-order chi connectivity index (χ1) is 8.72. The molecule has 0 radical (unpaired) electrons. The van der Waals surface area contributed by atoms with Crippen LogP contribution in [-0.2, 0) is 9.47 Å². The van der Waals surface area contributed by atoms with Crippen LogP contribution in [-0.4, -0.2) is 38.5 Å². The van der Waals surface area contributed by atoms with Gasteiger partial charge in [0.2, 0.25) is 0 Å². The van der Waals surface area contributed by atoms with Crippen molar-refractivity contribution in [1.29, 1.82) is 0 Å². The maximum atomic E-state index is 6.18. The molecule has 1 aliphatic carbocycles. The van der Waals surface area contributed by atoms with Gasteiger partial charge in [0.1, 0.15) is 0 Å². The zero-order valence-electron chi connectivity index (χ0n) is 12.5. The minimum atomic E-state index is 0.0682. The quantitative estimate of drug-likeness (QED) is 0.644. The van der Waals surface area contributed by atoms with E-state index in [1.165, 1.54) is 32.1 Å². The molecule has 1 aliphatic rings. The van der Waals surface area contributed by atoms with Crippen LogP contribution in [0.25, 0.3) is 0 Å². The van der Waals surface area contributed by atoms with E-state index in [9.17, 15) is 0 Å². The van der Waals surface area contributed by atoms with E-state index in [4.69, 9.17) is 9.47 Å². The molecule has 0 amide bonds. The lowest BCUT2D eigenvalue weighted by Crippen LogP contribution is -2.46. The predicted octanol–water partition coefficient (Wildman–Crippen LogP) is 2.99. The summed E-state index contributed by atoms with van der Waals surface area (Å²) >= 11 is 0. The van der Waals surface area contributed by atoms with Crippen LogP contribution < -0.4 is 5.32 Å². The lowest BCUT2D eigenvalue weighted by molar-refractivity contribution is -0.0908. The molecule has 1 fully saturated rings.